The lowest BCUT2D eigenvalue weighted by Crippen LogP contribution is -2.43. The van der Waals surface area contributed by atoms with Crippen LogP contribution in [0.1, 0.15) is 17.7 Å². The average molecular weight is 185 g/mol. The van der Waals surface area contributed by atoms with E-state index >= 15 is 0 Å². The van der Waals surface area contributed by atoms with Crippen LogP contribution < -0.4 is 5.32 Å². The lowest BCUT2D eigenvalue weighted by molar-refractivity contribution is 0.0620. The van der Waals surface area contributed by atoms with Crippen LogP contribution in [0.2, 0.25) is 0 Å². The van der Waals surface area contributed by atoms with Gasteiger partial charge in [0.1, 0.15) is 0 Å². The monoisotopic (exact) mass is 185 g/mol. The van der Waals surface area contributed by atoms with Gasteiger partial charge in [-0.2, -0.15) is 0 Å². The highest BCUT2D eigenvalue weighted by Gasteiger charge is 2.26. The third-order valence-electron chi connectivity index (χ3n) is 2.09. The molecule has 0 saturated heterocycles. The first-order chi connectivity index (χ1) is 5.84. The molecule has 1 aromatic heterocycles. The molecule has 4 nitrogen and oxygen atoms in total. The van der Waals surface area contributed by atoms with Crippen LogP contribution in [-0.4, -0.2) is 26.8 Å². The lowest BCUT2D eigenvalue weighted by atomic mass is 9.89. The van der Waals surface area contributed by atoms with Gasteiger partial charge in [0.2, 0.25) is 0 Å². The van der Waals surface area contributed by atoms with E-state index in [0.717, 1.165) is 24.3 Å². The van der Waals surface area contributed by atoms with Crippen molar-refractivity contribution < 1.29 is 5.11 Å². The molecule has 1 aromatic rings. The third kappa shape index (κ3) is 1.80. The van der Waals surface area contributed by atoms with E-state index in [-0.39, 0.29) is 6.10 Å². The minimum Gasteiger partial charge on any atom is -0.393 e. The predicted octanol–water partition coefficient (Wildman–Crippen LogP) is 0.151. The van der Waals surface area contributed by atoms with Crippen molar-refractivity contribution in [2.75, 3.05) is 0 Å². The molecule has 1 aliphatic rings. The molecule has 1 saturated carbocycles. The molecule has 0 bridgehead atoms. The summed E-state index contributed by atoms with van der Waals surface area (Å²) in [5, 5.41) is 16.1. The molecule has 66 valence electrons. The molecular formula is C7H11N3OS. The van der Waals surface area contributed by atoms with Crippen molar-refractivity contribution in [2.24, 2.45) is 0 Å². The van der Waals surface area contributed by atoms with Crippen LogP contribution in [0, 0.1) is 0 Å². The average Bonchev–Trinajstić information content (AvgIpc) is 2.47. The zero-order valence-corrected chi connectivity index (χ0v) is 7.42. The maximum atomic E-state index is 9.01. The summed E-state index contributed by atoms with van der Waals surface area (Å²) in [6.07, 6.45) is 3.45. The van der Waals surface area contributed by atoms with E-state index < -0.39 is 0 Å². The molecule has 2 N–H and O–H groups in total. The van der Waals surface area contributed by atoms with E-state index in [4.69, 9.17) is 5.11 Å². The van der Waals surface area contributed by atoms with Gasteiger partial charge in [0, 0.05) is 12.6 Å². The van der Waals surface area contributed by atoms with Gasteiger partial charge in [-0.15, -0.1) is 5.10 Å². The van der Waals surface area contributed by atoms with E-state index in [1.807, 2.05) is 0 Å². The van der Waals surface area contributed by atoms with Gasteiger partial charge >= 0.3 is 0 Å². The molecule has 1 fully saturated rings. The first-order valence-electron chi connectivity index (χ1n) is 4.02. The Hall–Kier alpha value is -0.520. The fourth-order valence-corrected chi connectivity index (χ4v) is 1.71. The largest absolute Gasteiger partial charge is 0.393 e. The standard InChI is InChI=1S/C7H11N3OS/c11-6-1-5(2-6)8-3-7-4-9-10-12-7/h4-6,8,11H,1-3H2. The molecule has 0 spiro atoms. The number of hydrogen-bond acceptors (Lipinski definition) is 5. The van der Waals surface area contributed by atoms with E-state index in [2.05, 4.69) is 14.9 Å². The number of nitrogens with zero attached hydrogens (tertiary/aromatic N) is 2. The van der Waals surface area contributed by atoms with Gasteiger partial charge in [-0.3, -0.25) is 0 Å². The van der Waals surface area contributed by atoms with Crippen LogP contribution in [0.25, 0.3) is 0 Å². The van der Waals surface area contributed by atoms with Crippen molar-refractivity contribution >= 4 is 11.5 Å². The molecule has 5 heteroatoms. The molecular weight excluding hydrogens is 174 g/mol. The molecule has 12 heavy (non-hydrogen) atoms. The molecule has 1 heterocycles. The Morgan fingerprint density at radius 2 is 2.50 bits per heavy atom. The van der Waals surface area contributed by atoms with Crippen LogP contribution in [-0.2, 0) is 6.54 Å². The quantitative estimate of drug-likeness (QED) is 0.704. The molecule has 0 atom stereocenters. The Morgan fingerprint density at radius 3 is 3.08 bits per heavy atom. The van der Waals surface area contributed by atoms with Gasteiger partial charge in [0.05, 0.1) is 17.2 Å². The molecule has 0 aromatic carbocycles. The van der Waals surface area contributed by atoms with Gasteiger partial charge in [0.15, 0.2) is 0 Å². The van der Waals surface area contributed by atoms with E-state index in [1.54, 1.807) is 6.20 Å². The summed E-state index contributed by atoms with van der Waals surface area (Å²) >= 11 is 1.41. The minimum atomic E-state index is -0.0814. The topological polar surface area (TPSA) is 58.0 Å². The summed E-state index contributed by atoms with van der Waals surface area (Å²) in [5.74, 6) is 0. The Balaban J connectivity index is 1.70. The first-order valence-corrected chi connectivity index (χ1v) is 4.79. The van der Waals surface area contributed by atoms with Crippen LogP contribution in [0.5, 0.6) is 0 Å². The number of aliphatic hydroxyl groups excluding tert-OH is 1. The SMILES string of the molecule is OC1CC(NCc2cnns2)C1. The second-order valence-electron chi connectivity index (χ2n) is 3.09. The molecule has 0 amide bonds. The van der Waals surface area contributed by atoms with Gasteiger partial charge in [0.25, 0.3) is 0 Å². The minimum absolute atomic E-state index is 0.0814. The number of rotatable bonds is 3. The Bertz CT molecular complexity index is 233. The molecule has 0 unspecified atom stereocenters. The van der Waals surface area contributed by atoms with Gasteiger partial charge in [-0.05, 0) is 24.4 Å². The number of hydrogen-bond donors (Lipinski definition) is 2. The highest BCUT2D eigenvalue weighted by atomic mass is 32.1. The number of aliphatic hydroxyl groups is 1. The third-order valence-corrected chi connectivity index (χ3v) is 2.75. The fraction of sp³-hybridized carbons (Fsp3) is 0.714. The maximum Gasteiger partial charge on any atom is 0.0666 e. The van der Waals surface area contributed by atoms with Crippen molar-refractivity contribution in [2.45, 2.75) is 31.5 Å². The number of nitrogens with one attached hydrogen (secondary N) is 1. The van der Waals surface area contributed by atoms with Crippen molar-refractivity contribution in [1.29, 1.82) is 0 Å². The first kappa shape index (κ1) is 8.10. The van der Waals surface area contributed by atoms with E-state index in [9.17, 15) is 0 Å². The smallest absolute Gasteiger partial charge is 0.0666 e. The Labute approximate surface area is 74.8 Å². The Kier molecular flexibility index (Phi) is 2.34. The van der Waals surface area contributed by atoms with Gasteiger partial charge in [-0.25, -0.2) is 0 Å². The maximum absolute atomic E-state index is 9.01. The van der Waals surface area contributed by atoms with Crippen LogP contribution in [0.15, 0.2) is 6.20 Å². The normalized spacial score (nSPS) is 28.4. The molecule has 2 rings (SSSR count). The molecule has 0 radical (unpaired) electrons. The Morgan fingerprint density at radius 1 is 1.67 bits per heavy atom. The van der Waals surface area contributed by atoms with Crippen molar-refractivity contribution in [3.05, 3.63) is 11.1 Å². The summed E-state index contributed by atoms with van der Waals surface area (Å²) in [5.41, 5.74) is 0. The highest BCUT2D eigenvalue weighted by molar-refractivity contribution is 7.05. The van der Waals surface area contributed by atoms with Crippen molar-refractivity contribution in [3.63, 3.8) is 0 Å². The van der Waals surface area contributed by atoms with Crippen molar-refractivity contribution in [1.82, 2.24) is 14.9 Å². The van der Waals surface area contributed by atoms with E-state index in [0.29, 0.717) is 6.04 Å². The number of aromatic nitrogens is 2. The van der Waals surface area contributed by atoms with Crippen LogP contribution in [0.4, 0.5) is 0 Å². The summed E-state index contributed by atoms with van der Waals surface area (Å²) in [4.78, 5) is 1.15. The fourth-order valence-electron chi connectivity index (χ4n) is 1.26. The molecule has 0 aliphatic heterocycles. The summed E-state index contributed by atoms with van der Waals surface area (Å²) < 4.78 is 3.76. The summed E-state index contributed by atoms with van der Waals surface area (Å²) in [7, 11) is 0. The highest BCUT2D eigenvalue weighted by Crippen LogP contribution is 2.19. The zero-order chi connectivity index (χ0) is 8.39. The van der Waals surface area contributed by atoms with Crippen LogP contribution in [0.3, 0.4) is 0 Å². The van der Waals surface area contributed by atoms with Crippen molar-refractivity contribution in [3.8, 4) is 0 Å². The zero-order valence-electron chi connectivity index (χ0n) is 6.60. The summed E-state index contributed by atoms with van der Waals surface area (Å²) in [6.45, 7) is 0.828. The molecule has 1 aliphatic carbocycles. The predicted molar refractivity (Wildman–Crippen MR) is 45.8 cm³/mol. The van der Waals surface area contributed by atoms with Gasteiger partial charge in [-0.1, -0.05) is 4.49 Å². The van der Waals surface area contributed by atoms with Crippen LogP contribution >= 0.6 is 11.5 Å². The summed E-state index contributed by atoms with van der Waals surface area (Å²) in [6, 6.07) is 0.488. The van der Waals surface area contributed by atoms with E-state index in [1.165, 1.54) is 11.5 Å². The lowest BCUT2D eigenvalue weighted by Gasteiger charge is -2.31. The van der Waals surface area contributed by atoms with Gasteiger partial charge < -0.3 is 10.4 Å². The second-order valence-corrected chi connectivity index (χ2v) is 3.96. The second kappa shape index (κ2) is 3.47.